The fourth-order valence-corrected chi connectivity index (χ4v) is 4.37. The number of amides is 1. The maximum absolute atomic E-state index is 13.7. The van der Waals surface area contributed by atoms with Gasteiger partial charge in [-0.1, -0.05) is 30.3 Å². The Kier molecular flexibility index (Phi) is 9.72. The molecule has 1 aliphatic heterocycles. The lowest BCUT2D eigenvalue weighted by atomic mass is 9.99. The van der Waals surface area contributed by atoms with Crippen LogP contribution in [0.3, 0.4) is 0 Å². The van der Waals surface area contributed by atoms with Crippen molar-refractivity contribution in [3.63, 3.8) is 0 Å². The molecule has 0 aliphatic carbocycles. The summed E-state index contributed by atoms with van der Waals surface area (Å²) in [7, 11) is 1.26. The van der Waals surface area contributed by atoms with E-state index in [1.54, 1.807) is 42.5 Å². The number of hydrogen-bond donors (Lipinski definition) is 8. The van der Waals surface area contributed by atoms with Crippen molar-refractivity contribution >= 4 is 29.1 Å². The van der Waals surface area contributed by atoms with E-state index in [2.05, 4.69) is 10.6 Å². The van der Waals surface area contributed by atoms with Crippen molar-refractivity contribution in [2.24, 2.45) is 5.73 Å². The average molecular weight is 581 g/mol. The number of ether oxygens (including phenoxy) is 3. The van der Waals surface area contributed by atoms with Gasteiger partial charge in [-0.15, -0.1) is 0 Å². The highest BCUT2D eigenvalue weighted by Gasteiger charge is 2.45. The molecule has 1 amide bonds. The largest absolute Gasteiger partial charge is 0.465 e. The number of esters is 1. The number of aliphatic hydroxyl groups excluding tert-OH is 4. The molecule has 0 bridgehead atoms. The van der Waals surface area contributed by atoms with Crippen molar-refractivity contribution in [2.75, 3.05) is 24.4 Å². The predicted molar refractivity (Wildman–Crippen MR) is 151 cm³/mol. The standard InChI is InChI=1S/C29H32N4O9/c1-40-28(39)15-9-11-17(12-10-15)33-27(38)22(32-18-6-4-5-16(13-18)26(30)31)19-7-2-3-8-20(19)41-29-25(37)24(36)23(35)21(14-34)42-29/h2-13,21-25,29,32,34-37H,14H2,1H3,(H3,30,31)(H,33,38). The summed E-state index contributed by atoms with van der Waals surface area (Å²) in [5.41, 5.74) is 7.49. The summed E-state index contributed by atoms with van der Waals surface area (Å²) in [5.74, 6) is -1.15. The summed E-state index contributed by atoms with van der Waals surface area (Å²) >= 11 is 0. The molecule has 13 heteroatoms. The van der Waals surface area contributed by atoms with Gasteiger partial charge in [0, 0.05) is 22.5 Å². The zero-order valence-electron chi connectivity index (χ0n) is 22.5. The minimum atomic E-state index is -1.67. The van der Waals surface area contributed by atoms with Gasteiger partial charge in [-0.05, 0) is 42.5 Å². The number of rotatable bonds is 10. The van der Waals surface area contributed by atoms with Crippen molar-refractivity contribution < 1.29 is 44.2 Å². The maximum Gasteiger partial charge on any atom is 0.337 e. The Morgan fingerprint density at radius 1 is 0.952 bits per heavy atom. The highest BCUT2D eigenvalue weighted by atomic mass is 16.7. The molecule has 1 saturated heterocycles. The normalized spacial score (nSPS) is 22.5. The van der Waals surface area contributed by atoms with Crippen LogP contribution >= 0.6 is 0 Å². The van der Waals surface area contributed by atoms with Gasteiger partial charge in [-0.25, -0.2) is 4.79 Å². The van der Waals surface area contributed by atoms with Gasteiger partial charge in [-0.2, -0.15) is 0 Å². The fourth-order valence-electron chi connectivity index (χ4n) is 4.37. The first-order chi connectivity index (χ1) is 20.1. The number of nitrogens with two attached hydrogens (primary N) is 1. The number of hydrogen-bond acceptors (Lipinski definition) is 11. The number of para-hydroxylation sites is 1. The Hall–Kier alpha value is -4.53. The molecule has 1 aliphatic rings. The molecule has 0 spiro atoms. The van der Waals surface area contributed by atoms with Gasteiger partial charge in [0.2, 0.25) is 6.29 Å². The topological polar surface area (TPSA) is 217 Å². The van der Waals surface area contributed by atoms with E-state index in [1.165, 1.54) is 37.4 Å². The molecule has 42 heavy (non-hydrogen) atoms. The number of methoxy groups -OCH3 is 1. The van der Waals surface area contributed by atoms with Crippen LogP contribution in [0.4, 0.5) is 11.4 Å². The van der Waals surface area contributed by atoms with Crippen molar-refractivity contribution in [1.82, 2.24) is 0 Å². The first-order valence-corrected chi connectivity index (χ1v) is 12.9. The smallest absolute Gasteiger partial charge is 0.337 e. The molecule has 1 heterocycles. The Morgan fingerprint density at radius 3 is 2.33 bits per heavy atom. The quantitative estimate of drug-likeness (QED) is 0.0950. The van der Waals surface area contributed by atoms with Gasteiger partial charge < -0.3 is 51.0 Å². The first kappa shape index (κ1) is 30.4. The molecular formula is C29H32N4O9. The number of carbonyl (C=O) groups is 2. The van der Waals surface area contributed by atoms with Crippen LogP contribution in [0.25, 0.3) is 0 Å². The van der Waals surface area contributed by atoms with Gasteiger partial charge in [0.15, 0.2) is 0 Å². The van der Waals surface area contributed by atoms with Crippen molar-refractivity contribution in [1.29, 1.82) is 5.41 Å². The molecule has 1 fully saturated rings. The maximum atomic E-state index is 13.7. The number of carbonyl (C=O) groups excluding carboxylic acids is 2. The predicted octanol–water partition coefficient (Wildman–Crippen LogP) is 0.728. The summed E-state index contributed by atoms with van der Waals surface area (Å²) in [6.45, 7) is -0.639. The third-order valence-electron chi connectivity index (χ3n) is 6.64. The second-order valence-electron chi connectivity index (χ2n) is 9.48. The van der Waals surface area contributed by atoms with Crippen LogP contribution in [0.15, 0.2) is 72.8 Å². The highest BCUT2D eigenvalue weighted by molar-refractivity contribution is 5.99. The number of aliphatic hydroxyl groups is 4. The lowest BCUT2D eigenvalue weighted by Crippen LogP contribution is -2.60. The van der Waals surface area contributed by atoms with Crippen molar-refractivity contribution in [3.05, 3.63) is 89.5 Å². The second-order valence-corrected chi connectivity index (χ2v) is 9.48. The Labute approximate surface area is 241 Å². The SMILES string of the molecule is COC(=O)c1ccc(NC(=O)C(Nc2cccc(C(=N)N)c2)c2ccccc2OC2OC(CO)C(O)C(O)C2O)cc1. The molecule has 13 nitrogen and oxygen atoms in total. The fraction of sp³-hybridized carbons (Fsp3) is 0.276. The van der Waals surface area contributed by atoms with Crippen LogP contribution < -0.4 is 21.1 Å². The van der Waals surface area contributed by atoms with Crippen LogP contribution in [-0.4, -0.2) is 82.6 Å². The molecule has 6 unspecified atom stereocenters. The van der Waals surface area contributed by atoms with E-state index in [4.69, 9.17) is 25.4 Å². The number of nitrogens with one attached hydrogen (secondary N) is 3. The summed E-state index contributed by atoms with van der Waals surface area (Å²) in [5, 5.41) is 54.1. The van der Waals surface area contributed by atoms with E-state index < -0.39 is 55.2 Å². The Morgan fingerprint density at radius 2 is 1.67 bits per heavy atom. The van der Waals surface area contributed by atoms with E-state index in [0.29, 0.717) is 28.1 Å². The highest BCUT2D eigenvalue weighted by Crippen LogP contribution is 2.32. The monoisotopic (exact) mass is 580 g/mol. The molecule has 0 saturated carbocycles. The summed E-state index contributed by atoms with van der Waals surface area (Å²) in [6.07, 6.45) is -7.58. The van der Waals surface area contributed by atoms with Gasteiger partial charge >= 0.3 is 5.97 Å². The van der Waals surface area contributed by atoms with Crippen LogP contribution in [0.1, 0.15) is 27.5 Å². The minimum Gasteiger partial charge on any atom is -0.465 e. The lowest BCUT2D eigenvalue weighted by molar-refractivity contribution is -0.277. The second kappa shape index (κ2) is 13.4. The third-order valence-corrected chi connectivity index (χ3v) is 6.64. The van der Waals surface area contributed by atoms with Crippen molar-refractivity contribution in [3.8, 4) is 5.75 Å². The molecule has 9 N–H and O–H groups in total. The van der Waals surface area contributed by atoms with Crippen LogP contribution in [0.2, 0.25) is 0 Å². The number of amidine groups is 1. The number of nitrogen functional groups attached to an aromatic ring is 1. The molecule has 0 radical (unpaired) electrons. The van der Waals surface area contributed by atoms with E-state index in [1.807, 2.05) is 0 Å². The van der Waals surface area contributed by atoms with Crippen molar-refractivity contribution in [2.45, 2.75) is 36.7 Å². The zero-order chi connectivity index (χ0) is 30.4. The van der Waals surface area contributed by atoms with Crippen LogP contribution in [-0.2, 0) is 14.3 Å². The zero-order valence-corrected chi connectivity index (χ0v) is 22.5. The minimum absolute atomic E-state index is 0.0956. The van der Waals surface area contributed by atoms with E-state index in [-0.39, 0.29) is 11.6 Å². The van der Waals surface area contributed by atoms with Gasteiger partial charge in [0.1, 0.15) is 42.0 Å². The Balaban J connectivity index is 1.67. The van der Waals surface area contributed by atoms with Gasteiger partial charge in [0.25, 0.3) is 5.91 Å². The molecule has 3 aromatic carbocycles. The number of benzene rings is 3. The molecule has 4 rings (SSSR count). The van der Waals surface area contributed by atoms with E-state index in [0.717, 1.165) is 0 Å². The Bertz CT molecular complexity index is 1420. The van der Waals surface area contributed by atoms with Crippen LogP contribution in [0.5, 0.6) is 5.75 Å². The first-order valence-electron chi connectivity index (χ1n) is 12.9. The lowest BCUT2D eigenvalue weighted by Gasteiger charge is -2.39. The van der Waals surface area contributed by atoms with E-state index >= 15 is 0 Å². The molecular weight excluding hydrogens is 548 g/mol. The summed E-state index contributed by atoms with van der Waals surface area (Å²) < 4.78 is 16.1. The van der Waals surface area contributed by atoms with E-state index in [9.17, 15) is 30.0 Å². The molecule has 222 valence electrons. The molecule has 0 aromatic heterocycles. The van der Waals surface area contributed by atoms with Crippen LogP contribution in [0, 0.1) is 5.41 Å². The summed E-state index contributed by atoms with van der Waals surface area (Å²) in [6, 6.07) is 17.9. The van der Waals surface area contributed by atoms with Gasteiger partial charge in [0.05, 0.1) is 19.3 Å². The molecule has 6 atom stereocenters. The third kappa shape index (κ3) is 6.84. The average Bonchev–Trinajstić information content (AvgIpc) is 3.00. The number of anilines is 2. The van der Waals surface area contributed by atoms with Gasteiger partial charge in [-0.3, -0.25) is 10.2 Å². The summed E-state index contributed by atoms with van der Waals surface area (Å²) in [4.78, 5) is 25.5. The molecule has 3 aromatic rings.